The minimum absolute atomic E-state index is 0.247. The second-order valence-electron chi connectivity index (χ2n) is 4.42. The van der Waals surface area contributed by atoms with E-state index in [1.807, 2.05) is 0 Å². The van der Waals surface area contributed by atoms with Gasteiger partial charge in [0, 0.05) is 13.1 Å². The number of nitrogens with zero attached hydrogens (tertiary/aromatic N) is 1. The molecule has 0 aliphatic rings. The van der Waals surface area contributed by atoms with Gasteiger partial charge in [-0.2, -0.15) is 0 Å². The predicted molar refractivity (Wildman–Crippen MR) is 79.9 cm³/mol. The summed E-state index contributed by atoms with van der Waals surface area (Å²) in [7, 11) is -2.03. The highest BCUT2D eigenvalue weighted by Crippen LogP contribution is 2.27. The molecule has 0 aromatic heterocycles. The summed E-state index contributed by atoms with van der Waals surface area (Å²) in [6, 6.07) is 4.82. The standard InChI is InChI=1S/C13H23N3O2S/c1-4-8-16(9-5-2)13-10-11(6-7-12(13)14)19(17,18)15-3/h6-7,10,15H,4-5,8-9,14H2,1-3H3. The zero-order valence-electron chi connectivity index (χ0n) is 11.8. The highest BCUT2D eigenvalue weighted by Gasteiger charge is 2.16. The molecule has 0 aliphatic carbocycles. The number of hydrogen-bond donors (Lipinski definition) is 2. The topological polar surface area (TPSA) is 75.4 Å². The molecule has 0 bridgehead atoms. The van der Waals surface area contributed by atoms with Crippen LogP contribution >= 0.6 is 0 Å². The van der Waals surface area contributed by atoms with E-state index in [-0.39, 0.29) is 4.90 Å². The number of nitrogens with one attached hydrogen (secondary N) is 1. The van der Waals surface area contributed by atoms with Gasteiger partial charge >= 0.3 is 0 Å². The molecular weight excluding hydrogens is 262 g/mol. The van der Waals surface area contributed by atoms with Crippen LogP contribution in [0.5, 0.6) is 0 Å². The number of sulfonamides is 1. The summed E-state index contributed by atoms with van der Waals surface area (Å²) in [5.74, 6) is 0. The molecule has 0 fully saturated rings. The molecule has 0 saturated carbocycles. The summed E-state index contributed by atoms with van der Waals surface area (Å²) < 4.78 is 26.0. The lowest BCUT2D eigenvalue weighted by atomic mass is 10.2. The predicted octanol–water partition coefficient (Wildman–Crippen LogP) is 1.80. The minimum atomic E-state index is -3.43. The average molecular weight is 285 g/mol. The van der Waals surface area contributed by atoms with Gasteiger partial charge in [-0.1, -0.05) is 13.8 Å². The van der Waals surface area contributed by atoms with Gasteiger partial charge in [-0.15, -0.1) is 0 Å². The van der Waals surface area contributed by atoms with Crippen molar-refractivity contribution in [2.24, 2.45) is 0 Å². The molecule has 0 amide bonds. The molecule has 5 nitrogen and oxygen atoms in total. The third kappa shape index (κ3) is 3.84. The third-order valence-corrected chi connectivity index (χ3v) is 4.32. The Labute approximate surface area is 115 Å². The molecule has 3 N–H and O–H groups in total. The molecule has 6 heteroatoms. The normalized spacial score (nSPS) is 11.5. The van der Waals surface area contributed by atoms with E-state index in [4.69, 9.17) is 5.73 Å². The van der Waals surface area contributed by atoms with Crippen molar-refractivity contribution >= 4 is 21.4 Å². The van der Waals surface area contributed by atoms with E-state index in [2.05, 4.69) is 23.5 Å². The second kappa shape index (κ2) is 6.77. The maximum atomic E-state index is 11.8. The molecule has 0 unspecified atom stereocenters. The van der Waals surface area contributed by atoms with Crippen LogP contribution in [0.15, 0.2) is 23.1 Å². The summed E-state index contributed by atoms with van der Waals surface area (Å²) in [6.07, 6.45) is 1.98. The van der Waals surface area contributed by atoms with Crippen molar-refractivity contribution in [2.75, 3.05) is 30.8 Å². The number of nitrogen functional groups attached to an aromatic ring is 1. The number of benzene rings is 1. The molecule has 0 aliphatic heterocycles. The van der Waals surface area contributed by atoms with Crippen molar-refractivity contribution in [3.63, 3.8) is 0 Å². The molecule has 1 rings (SSSR count). The summed E-state index contributed by atoms with van der Waals surface area (Å²) in [4.78, 5) is 2.38. The van der Waals surface area contributed by atoms with Gasteiger partial charge < -0.3 is 10.6 Å². The van der Waals surface area contributed by atoms with Crippen molar-refractivity contribution in [2.45, 2.75) is 31.6 Å². The lowest BCUT2D eigenvalue weighted by Crippen LogP contribution is -2.26. The molecule has 0 atom stereocenters. The smallest absolute Gasteiger partial charge is 0.240 e. The SMILES string of the molecule is CCCN(CCC)c1cc(S(=O)(=O)NC)ccc1N. The Kier molecular flexibility index (Phi) is 5.62. The Balaban J connectivity index is 3.22. The van der Waals surface area contributed by atoms with Gasteiger partial charge in [-0.3, -0.25) is 0 Å². The Morgan fingerprint density at radius 3 is 2.26 bits per heavy atom. The Hall–Kier alpha value is -1.27. The van der Waals surface area contributed by atoms with Crippen LogP contribution in [0, 0.1) is 0 Å². The van der Waals surface area contributed by atoms with Gasteiger partial charge in [0.2, 0.25) is 10.0 Å². The fraction of sp³-hybridized carbons (Fsp3) is 0.538. The molecule has 0 radical (unpaired) electrons. The van der Waals surface area contributed by atoms with Crippen LogP contribution in [0.25, 0.3) is 0 Å². The van der Waals surface area contributed by atoms with E-state index in [1.165, 1.54) is 13.1 Å². The van der Waals surface area contributed by atoms with Crippen molar-refractivity contribution in [1.82, 2.24) is 4.72 Å². The largest absolute Gasteiger partial charge is 0.397 e. The fourth-order valence-electron chi connectivity index (χ4n) is 1.97. The van der Waals surface area contributed by atoms with E-state index in [9.17, 15) is 8.42 Å². The first-order chi connectivity index (χ1) is 8.96. The fourth-order valence-corrected chi connectivity index (χ4v) is 2.72. The van der Waals surface area contributed by atoms with Crippen LogP contribution in [0.4, 0.5) is 11.4 Å². The second-order valence-corrected chi connectivity index (χ2v) is 6.30. The third-order valence-electron chi connectivity index (χ3n) is 2.91. The van der Waals surface area contributed by atoms with Gasteiger partial charge in [0.15, 0.2) is 0 Å². The van der Waals surface area contributed by atoms with Crippen molar-refractivity contribution in [3.05, 3.63) is 18.2 Å². The lowest BCUT2D eigenvalue weighted by Gasteiger charge is -2.25. The molecule has 108 valence electrons. The highest BCUT2D eigenvalue weighted by molar-refractivity contribution is 7.89. The van der Waals surface area contributed by atoms with Gasteiger partial charge in [0.05, 0.1) is 16.3 Å². The quantitative estimate of drug-likeness (QED) is 0.749. The van der Waals surface area contributed by atoms with E-state index >= 15 is 0 Å². The van der Waals surface area contributed by atoms with Crippen LogP contribution in [0.2, 0.25) is 0 Å². The number of anilines is 2. The molecule has 0 spiro atoms. The van der Waals surface area contributed by atoms with Gasteiger partial charge in [-0.05, 0) is 38.1 Å². The summed E-state index contributed by atoms with van der Waals surface area (Å²) >= 11 is 0. The van der Waals surface area contributed by atoms with Crippen LogP contribution in [-0.2, 0) is 10.0 Å². The van der Waals surface area contributed by atoms with Crippen LogP contribution in [0.1, 0.15) is 26.7 Å². The molecule has 0 saturated heterocycles. The first kappa shape index (κ1) is 15.8. The molecular formula is C13H23N3O2S. The lowest BCUT2D eigenvalue weighted by molar-refractivity contribution is 0.588. The first-order valence-electron chi connectivity index (χ1n) is 6.54. The Morgan fingerprint density at radius 2 is 1.79 bits per heavy atom. The minimum Gasteiger partial charge on any atom is -0.397 e. The van der Waals surface area contributed by atoms with E-state index in [0.29, 0.717) is 5.69 Å². The maximum Gasteiger partial charge on any atom is 0.240 e. The summed E-state index contributed by atoms with van der Waals surface area (Å²) in [5.41, 5.74) is 7.38. The van der Waals surface area contributed by atoms with E-state index < -0.39 is 10.0 Å². The van der Waals surface area contributed by atoms with Crippen molar-refractivity contribution < 1.29 is 8.42 Å². The van der Waals surface area contributed by atoms with Crippen molar-refractivity contribution in [3.8, 4) is 0 Å². The van der Waals surface area contributed by atoms with Gasteiger partial charge in [0.25, 0.3) is 0 Å². The van der Waals surface area contributed by atoms with Crippen LogP contribution in [-0.4, -0.2) is 28.6 Å². The zero-order chi connectivity index (χ0) is 14.5. The molecule has 1 aromatic rings. The van der Waals surface area contributed by atoms with Gasteiger partial charge in [0.1, 0.15) is 0 Å². The monoisotopic (exact) mass is 285 g/mol. The summed E-state index contributed by atoms with van der Waals surface area (Å²) in [6.45, 7) is 5.91. The van der Waals surface area contributed by atoms with E-state index in [0.717, 1.165) is 31.6 Å². The van der Waals surface area contributed by atoms with Crippen LogP contribution in [0.3, 0.4) is 0 Å². The van der Waals surface area contributed by atoms with Crippen molar-refractivity contribution in [1.29, 1.82) is 0 Å². The van der Waals surface area contributed by atoms with E-state index in [1.54, 1.807) is 12.1 Å². The van der Waals surface area contributed by atoms with Gasteiger partial charge in [-0.25, -0.2) is 13.1 Å². The number of rotatable bonds is 7. The Morgan fingerprint density at radius 1 is 1.21 bits per heavy atom. The molecule has 0 heterocycles. The van der Waals surface area contributed by atoms with Crippen LogP contribution < -0.4 is 15.4 Å². The number of nitrogens with two attached hydrogens (primary N) is 1. The molecule has 1 aromatic carbocycles. The first-order valence-corrected chi connectivity index (χ1v) is 8.02. The summed E-state index contributed by atoms with van der Waals surface area (Å²) in [5, 5.41) is 0. The highest BCUT2D eigenvalue weighted by atomic mass is 32.2. The maximum absolute atomic E-state index is 11.8. The Bertz CT molecular complexity index is 509. The number of hydrogen-bond acceptors (Lipinski definition) is 4. The average Bonchev–Trinajstić information content (AvgIpc) is 2.39. The zero-order valence-corrected chi connectivity index (χ0v) is 12.6. The molecule has 19 heavy (non-hydrogen) atoms.